The van der Waals surface area contributed by atoms with Crippen LogP contribution >= 0.6 is 11.3 Å². The smallest absolute Gasteiger partial charge is 0.228 e. The Hall–Kier alpha value is -1.47. The van der Waals surface area contributed by atoms with Crippen molar-refractivity contribution in [2.75, 3.05) is 24.5 Å². The molecule has 2 atom stereocenters. The summed E-state index contributed by atoms with van der Waals surface area (Å²) in [6.07, 6.45) is 6.62. The number of hydrogen-bond acceptors (Lipinski definition) is 5. The Labute approximate surface area is 146 Å². The molecule has 6 nitrogen and oxygen atoms in total. The number of aromatic nitrogens is 1. The van der Waals surface area contributed by atoms with Crippen LogP contribution in [0.5, 0.6) is 0 Å². The molecule has 0 saturated carbocycles. The molecular weight excluding hydrogens is 324 g/mol. The first-order valence-corrected chi connectivity index (χ1v) is 9.87. The van der Waals surface area contributed by atoms with Crippen molar-refractivity contribution in [2.45, 2.75) is 57.0 Å². The van der Waals surface area contributed by atoms with Gasteiger partial charge in [0, 0.05) is 37.0 Å². The molecule has 4 rings (SSSR count). The Kier molecular flexibility index (Phi) is 4.54. The normalized spacial score (nSPS) is 27.5. The Balaban J connectivity index is 1.33. The van der Waals surface area contributed by atoms with Gasteiger partial charge in [0.05, 0.1) is 12.1 Å². The average molecular weight is 348 g/mol. The van der Waals surface area contributed by atoms with Gasteiger partial charge in [-0.15, -0.1) is 11.3 Å². The number of fused-ring (bicyclic) bond motifs is 1. The van der Waals surface area contributed by atoms with E-state index in [9.17, 15) is 9.59 Å². The van der Waals surface area contributed by atoms with Crippen molar-refractivity contribution < 1.29 is 9.59 Å². The van der Waals surface area contributed by atoms with Crippen LogP contribution < -0.4 is 10.2 Å². The topological polar surface area (TPSA) is 65.5 Å². The maximum absolute atomic E-state index is 12.4. The molecule has 4 heterocycles. The second kappa shape index (κ2) is 6.80. The summed E-state index contributed by atoms with van der Waals surface area (Å²) in [5.41, 5.74) is 0.769. The van der Waals surface area contributed by atoms with Gasteiger partial charge in [0.1, 0.15) is 0 Å². The second-order valence-corrected chi connectivity index (χ2v) is 7.85. The Bertz CT molecular complexity index is 632. The SMILES string of the molecule is O=C(Cc1csc(N2CCCC2=O)n1)N[C@H]1CCN2CCCC[C@H]12. The Morgan fingerprint density at radius 3 is 3.00 bits per heavy atom. The van der Waals surface area contributed by atoms with Gasteiger partial charge < -0.3 is 5.32 Å². The highest BCUT2D eigenvalue weighted by Crippen LogP contribution is 2.28. The van der Waals surface area contributed by atoms with Gasteiger partial charge >= 0.3 is 0 Å². The Morgan fingerprint density at radius 1 is 1.25 bits per heavy atom. The van der Waals surface area contributed by atoms with E-state index < -0.39 is 0 Å². The quantitative estimate of drug-likeness (QED) is 0.897. The van der Waals surface area contributed by atoms with E-state index in [4.69, 9.17) is 0 Å². The zero-order valence-corrected chi connectivity index (χ0v) is 14.7. The van der Waals surface area contributed by atoms with E-state index in [0.717, 1.165) is 36.8 Å². The number of anilines is 1. The molecule has 0 aliphatic carbocycles. The van der Waals surface area contributed by atoms with Gasteiger partial charge in [-0.1, -0.05) is 6.42 Å². The number of piperidine rings is 1. The first kappa shape index (κ1) is 16.0. The van der Waals surface area contributed by atoms with Crippen molar-refractivity contribution in [2.24, 2.45) is 0 Å². The molecule has 3 fully saturated rings. The lowest BCUT2D eigenvalue weighted by Gasteiger charge is -2.32. The molecule has 130 valence electrons. The predicted octanol–water partition coefficient (Wildman–Crippen LogP) is 1.56. The standard InChI is InChI=1S/C17H24N4O2S/c22-15(19-13-6-9-20-7-2-1-4-14(13)20)10-12-11-24-17(18-12)21-8-3-5-16(21)23/h11,13-14H,1-10H2,(H,19,22)/t13-,14+/m0/s1. The van der Waals surface area contributed by atoms with E-state index in [1.54, 1.807) is 4.90 Å². The lowest BCUT2D eigenvalue weighted by Crippen LogP contribution is -2.47. The highest BCUT2D eigenvalue weighted by molar-refractivity contribution is 7.14. The van der Waals surface area contributed by atoms with Crippen LogP contribution in [0.3, 0.4) is 0 Å². The zero-order chi connectivity index (χ0) is 16.5. The second-order valence-electron chi connectivity index (χ2n) is 7.01. The van der Waals surface area contributed by atoms with E-state index in [0.29, 0.717) is 18.9 Å². The van der Waals surface area contributed by atoms with E-state index in [-0.39, 0.29) is 17.9 Å². The molecule has 3 aliphatic heterocycles. The van der Waals surface area contributed by atoms with E-state index in [1.807, 2.05) is 5.38 Å². The van der Waals surface area contributed by atoms with Crippen molar-refractivity contribution >= 4 is 28.3 Å². The van der Waals surface area contributed by atoms with Crippen LogP contribution in [0.1, 0.15) is 44.2 Å². The van der Waals surface area contributed by atoms with Crippen LogP contribution in [0.2, 0.25) is 0 Å². The summed E-state index contributed by atoms with van der Waals surface area (Å²) >= 11 is 1.46. The fourth-order valence-corrected chi connectivity index (χ4v) is 5.06. The molecule has 2 amide bonds. The van der Waals surface area contributed by atoms with Crippen molar-refractivity contribution in [3.8, 4) is 0 Å². The molecule has 0 spiro atoms. The maximum atomic E-state index is 12.4. The lowest BCUT2D eigenvalue weighted by molar-refractivity contribution is -0.121. The minimum Gasteiger partial charge on any atom is -0.351 e. The number of rotatable bonds is 4. The van der Waals surface area contributed by atoms with Crippen LogP contribution in [0.15, 0.2) is 5.38 Å². The molecule has 3 aliphatic rings. The predicted molar refractivity (Wildman–Crippen MR) is 93.2 cm³/mol. The number of carbonyl (C=O) groups excluding carboxylic acids is 2. The molecule has 0 unspecified atom stereocenters. The molecule has 1 aromatic heterocycles. The molecular formula is C17H24N4O2S. The zero-order valence-electron chi connectivity index (χ0n) is 13.9. The van der Waals surface area contributed by atoms with Crippen molar-refractivity contribution in [1.82, 2.24) is 15.2 Å². The maximum Gasteiger partial charge on any atom is 0.228 e. The van der Waals surface area contributed by atoms with Crippen molar-refractivity contribution in [3.63, 3.8) is 0 Å². The van der Waals surface area contributed by atoms with Gasteiger partial charge in [0.25, 0.3) is 0 Å². The van der Waals surface area contributed by atoms with Gasteiger partial charge in [-0.25, -0.2) is 4.98 Å². The third-order valence-electron chi connectivity index (χ3n) is 5.39. The van der Waals surface area contributed by atoms with Crippen molar-refractivity contribution in [1.29, 1.82) is 0 Å². The van der Waals surface area contributed by atoms with E-state index in [1.165, 1.54) is 37.1 Å². The van der Waals surface area contributed by atoms with Crippen LogP contribution in [0.25, 0.3) is 0 Å². The number of nitrogens with zero attached hydrogens (tertiary/aromatic N) is 3. The number of hydrogen-bond donors (Lipinski definition) is 1. The summed E-state index contributed by atoms with van der Waals surface area (Å²) in [5.74, 6) is 0.195. The monoisotopic (exact) mass is 348 g/mol. The number of nitrogens with one attached hydrogen (secondary N) is 1. The fraction of sp³-hybridized carbons (Fsp3) is 0.706. The summed E-state index contributed by atoms with van der Waals surface area (Å²) in [4.78, 5) is 32.9. The summed E-state index contributed by atoms with van der Waals surface area (Å²) in [6, 6.07) is 0.812. The molecule has 0 bridgehead atoms. The van der Waals surface area contributed by atoms with E-state index in [2.05, 4.69) is 15.2 Å². The number of amides is 2. The van der Waals surface area contributed by atoms with Crippen molar-refractivity contribution in [3.05, 3.63) is 11.1 Å². The first-order valence-electron chi connectivity index (χ1n) is 8.99. The molecule has 7 heteroatoms. The lowest BCUT2D eigenvalue weighted by atomic mass is 9.99. The Morgan fingerprint density at radius 2 is 2.17 bits per heavy atom. The van der Waals surface area contributed by atoms with Crippen LogP contribution in [-0.2, 0) is 16.0 Å². The first-order chi connectivity index (χ1) is 11.7. The van der Waals surface area contributed by atoms with Gasteiger partial charge in [-0.05, 0) is 32.2 Å². The van der Waals surface area contributed by atoms with Crippen LogP contribution in [0.4, 0.5) is 5.13 Å². The molecule has 3 saturated heterocycles. The minimum absolute atomic E-state index is 0.0528. The number of carbonyl (C=O) groups is 2. The third-order valence-corrected chi connectivity index (χ3v) is 6.30. The summed E-state index contributed by atoms with van der Waals surface area (Å²) in [7, 11) is 0. The molecule has 24 heavy (non-hydrogen) atoms. The molecule has 1 aromatic rings. The molecule has 0 aromatic carbocycles. The highest BCUT2D eigenvalue weighted by atomic mass is 32.1. The summed E-state index contributed by atoms with van der Waals surface area (Å²) < 4.78 is 0. The highest BCUT2D eigenvalue weighted by Gasteiger charge is 2.36. The van der Waals surface area contributed by atoms with Gasteiger partial charge in [-0.3, -0.25) is 19.4 Å². The van der Waals surface area contributed by atoms with Gasteiger partial charge in [0.15, 0.2) is 5.13 Å². The average Bonchev–Trinajstić information content (AvgIpc) is 3.28. The fourth-order valence-electron chi connectivity index (χ4n) is 4.19. The van der Waals surface area contributed by atoms with Crippen LogP contribution in [0, 0.1) is 0 Å². The molecule has 0 radical (unpaired) electrons. The number of thiazole rings is 1. The van der Waals surface area contributed by atoms with Gasteiger partial charge in [0.2, 0.25) is 11.8 Å². The third kappa shape index (κ3) is 3.19. The largest absolute Gasteiger partial charge is 0.351 e. The molecule has 1 N–H and O–H groups in total. The van der Waals surface area contributed by atoms with Gasteiger partial charge in [-0.2, -0.15) is 0 Å². The van der Waals surface area contributed by atoms with E-state index >= 15 is 0 Å². The summed E-state index contributed by atoms with van der Waals surface area (Å²) in [5, 5.41) is 5.86. The summed E-state index contributed by atoms with van der Waals surface area (Å²) in [6.45, 7) is 3.03. The van der Waals surface area contributed by atoms with Crippen LogP contribution in [-0.4, -0.2) is 53.4 Å². The minimum atomic E-state index is 0.0528.